The lowest BCUT2D eigenvalue weighted by molar-refractivity contribution is 0.578. The van der Waals surface area contributed by atoms with Crippen LogP contribution in [0.5, 0.6) is 0 Å². The summed E-state index contributed by atoms with van der Waals surface area (Å²) in [6, 6.07) is 57.8. The monoisotopic (exact) mass is 683 g/mol. The predicted octanol–water partition coefficient (Wildman–Crippen LogP) is 14.7. The van der Waals surface area contributed by atoms with Gasteiger partial charge in [0, 0.05) is 49.9 Å². The van der Waals surface area contributed by atoms with Crippen molar-refractivity contribution in [3.63, 3.8) is 0 Å². The summed E-state index contributed by atoms with van der Waals surface area (Å²) in [6.45, 7) is 8.05. The Hall–Kier alpha value is -6.84. The van der Waals surface area contributed by atoms with Gasteiger partial charge in [0.1, 0.15) is 22.5 Å². The average Bonchev–Trinajstić information content (AvgIpc) is 3.75. The molecule has 0 amide bonds. The number of anilines is 3. The third kappa shape index (κ3) is 5.92. The molecule has 9 aromatic rings. The summed E-state index contributed by atoms with van der Waals surface area (Å²) in [5.74, 6) is 0.895. The first kappa shape index (κ1) is 32.1. The topological polar surface area (TPSA) is 29.5 Å². The number of hydrogen-bond donors (Lipinski definition) is 0. The van der Waals surface area contributed by atoms with Crippen molar-refractivity contribution in [2.75, 3.05) is 4.90 Å². The molecule has 0 N–H and O–H groups in total. The van der Waals surface area contributed by atoms with E-state index in [0.29, 0.717) is 0 Å². The summed E-state index contributed by atoms with van der Waals surface area (Å²) in [5, 5.41) is 3.36. The molecule has 0 aliphatic carbocycles. The highest BCUT2D eigenvalue weighted by Crippen LogP contribution is 2.41. The standard InChI is InChI=1S/C50H37NO2/c1-33(2)19-32-42-34(3)52-49-43(14-9-16-46(42)49)37-22-28-40(29-23-37)51(39-26-20-36(21-27-39)35-11-5-4-6-12-35)41-30-24-38(25-31-41)44-15-10-17-47-45-13-7-8-18-48(45)53-50(44)47/h4-32H,1H2,2-3H3/b32-19-. The highest BCUT2D eigenvalue weighted by molar-refractivity contribution is 6.09. The van der Waals surface area contributed by atoms with E-state index in [0.717, 1.165) is 89.1 Å². The molecule has 3 nitrogen and oxygen atoms in total. The minimum Gasteiger partial charge on any atom is -0.460 e. The molecule has 2 aromatic heterocycles. The lowest BCUT2D eigenvalue weighted by Gasteiger charge is -2.26. The molecule has 7 aromatic carbocycles. The second-order valence-corrected chi connectivity index (χ2v) is 13.6. The van der Waals surface area contributed by atoms with Crippen LogP contribution in [0.15, 0.2) is 191 Å². The zero-order valence-corrected chi connectivity index (χ0v) is 29.7. The van der Waals surface area contributed by atoms with E-state index in [2.05, 4.69) is 169 Å². The maximum absolute atomic E-state index is 6.38. The lowest BCUT2D eigenvalue weighted by Crippen LogP contribution is -2.09. The molecule has 9 rings (SSSR count). The van der Waals surface area contributed by atoms with Gasteiger partial charge in [-0.25, -0.2) is 0 Å². The van der Waals surface area contributed by atoms with E-state index < -0.39 is 0 Å². The van der Waals surface area contributed by atoms with Crippen molar-refractivity contribution in [1.29, 1.82) is 0 Å². The van der Waals surface area contributed by atoms with Crippen LogP contribution in [0.1, 0.15) is 18.2 Å². The molecule has 2 heterocycles. The van der Waals surface area contributed by atoms with Crippen LogP contribution >= 0.6 is 0 Å². The highest BCUT2D eigenvalue weighted by atomic mass is 16.3. The first-order chi connectivity index (χ1) is 26.0. The minimum absolute atomic E-state index is 0.891. The van der Waals surface area contributed by atoms with Gasteiger partial charge in [-0.3, -0.25) is 0 Å². The van der Waals surface area contributed by atoms with E-state index in [4.69, 9.17) is 8.83 Å². The van der Waals surface area contributed by atoms with Crippen LogP contribution in [0.3, 0.4) is 0 Å². The van der Waals surface area contributed by atoms with E-state index in [9.17, 15) is 0 Å². The third-order valence-electron chi connectivity index (χ3n) is 9.98. The van der Waals surface area contributed by atoms with Crippen molar-refractivity contribution in [3.8, 4) is 33.4 Å². The molecule has 0 aliphatic heterocycles. The largest absolute Gasteiger partial charge is 0.460 e. The first-order valence-corrected chi connectivity index (χ1v) is 17.9. The fourth-order valence-corrected chi connectivity index (χ4v) is 7.35. The summed E-state index contributed by atoms with van der Waals surface area (Å²) in [4.78, 5) is 2.31. The van der Waals surface area contributed by atoms with Gasteiger partial charge in [-0.2, -0.15) is 0 Å². The van der Waals surface area contributed by atoms with E-state index in [1.165, 1.54) is 11.1 Å². The second-order valence-electron chi connectivity index (χ2n) is 13.6. The highest BCUT2D eigenvalue weighted by Gasteiger charge is 2.17. The Morgan fingerprint density at radius 2 is 0.981 bits per heavy atom. The maximum atomic E-state index is 6.38. The summed E-state index contributed by atoms with van der Waals surface area (Å²) in [5.41, 5.74) is 14.7. The molecule has 3 heteroatoms. The molecule has 53 heavy (non-hydrogen) atoms. The van der Waals surface area contributed by atoms with Crippen molar-refractivity contribution < 1.29 is 8.83 Å². The van der Waals surface area contributed by atoms with Crippen molar-refractivity contribution in [2.45, 2.75) is 13.8 Å². The first-order valence-electron chi connectivity index (χ1n) is 17.9. The quantitative estimate of drug-likeness (QED) is 0.149. The number of para-hydroxylation sites is 3. The Morgan fingerprint density at radius 3 is 1.58 bits per heavy atom. The van der Waals surface area contributed by atoms with Crippen LogP contribution in [0.2, 0.25) is 0 Å². The Bertz CT molecular complexity index is 2780. The minimum atomic E-state index is 0.891. The van der Waals surface area contributed by atoms with E-state index in [-0.39, 0.29) is 0 Å². The van der Waals surface area contributed by atoms with Crippen LogP contribution in [0.4, 0.5) is 17.1 Å². The molecule has 0 aliphatic rings. The van der Waals surface area contributed by atoms with Gasteiger partial charge < -0.3 is 13.7 Å². The van der Waals surface area contributed by atoms with E-state index >= 15 is 0 Å². The lowest BCUT2D eigenvalue weighted by atomic mass is 10.00. The molecule has 0 radical (unpaired) electrons. The molecule has 0 unspecified atom stereocenters. The average molecular weight is 684 g/mol. The summed E-state index contributed by atoms with van der Waals surface area (Å²) >= 11 is 0. The summed E-state index contributed by atoms with van der Waals surface area (Å²) in [6.07, 6.45) is 4.13. The molecule has 0 saturated carbocycles. The van der Waals surface area contributed by atoms with Crippen molar-refractivity contribution in [1.82, 2.24) is 0 Å². The van der Waals surface area contributed by atoms with E-state index in [1.54, 1.807) is 0 Å². The predicted molar refractivity (Wildman–Crippen MR) is 223 cm³/mol. The van der Waals surface area contributed by atoms with Gasteiger partial charge in [-0.15, -0.1) is 0 Å². The van der Waals surface area contributed by atoms with Gasteiger partial charge in [0.05, 0.1) is 0 Å². The Morgan fingerprint density at radius 1 is 0.491 bits per heavy atom. The molecule has 0 bridgehead atoms. The molecule has 0 saturated heterocycles. The third-order valence-corrected chi connectivity index (χ3v) is 9.98. The van der Waals surface area contributed by atoms with Gasteiger partial charge >= 0.3 is 0 Å². The van der Waals surface area contributed by atoms with Gasteiger partial charge in [-0.05, 0) is 78.6 Å². The van der Waals surface area contributed by atoms with E-state index in [1.807, 2.05) is 32.1 Å². The van der Waals surface area contributed by atoms with Crippen LogP contribution in [0.25, 0.3) is 72.4 Å². The zero-order valence-electron chi connectivity index (χ0n) is 29.7. The zero-order chi connectivity index (χ0) is 35.9. The number of hydrogen-bond acceptors (Lipinski definition) is 3. The van der Waals surface area contributed by atoms with Gasteiger partial charge in [0.25, 0.3) is 0 Å². The van der Waals surface area contributed by atoms with Gasteiger partial charge in [-0.1, -0.05) is 146 Å². The molecule has 0 atom stereocenters. The molecule has 0 fully saturated rings. The Balaban J connectivity index is 1.11. The normalized spacial score (nSPS) is 11.6. The maximum Gasteiger partial charge on any atom is 0.143 e. The SMILES string of the molecule is C=C(C)/C=C\c1c(C)oc2c(-c3ccc(N(c4ccc(-c5ccccc5)cc4)c4ccc(-c5cccc6c5oc5ccccc56)cc4)cc3)cccc12. The van der Waals surface area contributed by atoms with Crippen LogP contribution in [-0.4, -0.2) is 0 Å². The number of nitrogens with zero attached hydrogens (tertiary/aromatic N) is 1. The number of rotatable bonds is 8. The Kier molecular flexibility index (Phi) is 8.10. The Labute approximate surface area is 309 Å². The number of aryl methyl sites for hydroxylation is 1. The second kappa shape index (κ2) is 13.4. The number of benzene rings is 7. The molecular weight excluding hydrogens is 647 g/mol. The van der Waals surface area contributed by atoms with Crippen molar-refractivity contribution in [3.05, 3.63) is 193 Å². The summed E-state index contributed by atoms with van der Waals surface area (Å²) in [7, 11) is 0. The van der Waals surface area contributed by atoms with Gasteiger partial charge in [0.15, 0.2) is 0 Å². The fourth-order valence-electron chi connectivity index (χ4n) is 7.35. The molecule has 254 valence electrons. The fraction of sp³-hybridized carbons (Fsp3) is 0.0400. The number of allylic oxidation sites excluding steroid dienone is 2. The summed E-state index contributed by atoms with van der Waals surface area (Å²) < 4.78 is 12.8. The van der Waals surface area contributed by atoms with Crippen LogP contribution < -0.4 is 4.90 Å². The van der Waals surface area contributed by atoms with Gasteiger partial charge in [0.2, 0.25) is 0 Å². The van der Waals surface area contributed by atoms with Crippen LogP contribution in [-0.2, 0) is 0 Å². The smallest absolute Gasteiger partial charge is 0.143 e. The number of fused-ring (bicyclic) bond motifs is 4. The van der Waals surface area contributed by atoms with Crippen molar-refractivity contribution in [2.24, 2.45) is 0 Å². The van der Waals surface area contributed by atoms with Crippen LogP contribution in [0, 0.1) is 6.92 Å². The molecule has 0 spiro atoms. The number of furan rings is 2. The van der Waals surface area contributed by atoms with Crippen molar-refractivity contribution >= 4 is 56.0 Å². The molecular formula is C50H37NO2.